The van der Waals surface area contributed by atoms with Crippen LogP contribution in [0.4, 0.5) is 0 Å². The molecule has 8 heteroatoms. The minimum Gasteiger partial charge on any atom is -0.494 e. The number of hydrogen-bond donors (Lipinski definition) is 0. The van der Waals surface area contributed by atoms with Gasteiger partial charge < -0.3 is 37.4 Å². The van der Waals surface area contributed by atoms with E-state index >= 15 is 0 Å². The molecule has 1 aliphatic rings. The van der Waals surface area contributed by atoms with Crippen molar-refractivity contribution >= 4 is 0 Å². The molecule has 0 saturated carbocycles. The van der Waals surface area contributed by atoms with E-state index < -0.39 is 5.79 Å². The smallest absolute Gasteiger partial charge is 0.169 e. The van der Waals surface area contributed by atoms with Gasteiger partial charge >= 0.3 is 0 Å². The lowest BCUT2D eigenvalue weighted by molar-refractivity contribution is -0.944. The van der Waals surface area contributed by atoms with E-state index in [-0.39, 0.29) is 12.2 Å². The Hall–Kier alpha value is -4.08. The highest BCUT2D eigenvalue weighted by Crippen LogP contribution is 2.40. The maximum Gasteiger partial charge on any atom is 0.169 e. The summed E-state index contributed by atoms with van der Waals surface area (Å²) in [7, 11) is 4.75. The molecule has 5 rings (SSSR count). The van der Waals surface area contributed by atoms with Crippen LogP contribution < -0.4 is 18.9 Å². The van der Waals surface area contributed by atoms with Crippen LogP contribution in [-0.4, -0.2) is 80.6 Å². The Morgan fingerprint density at radius 1 is 0.421 bits per heavy atom. The van der Waals surface area contributed by atoms with E-state index in [1.807, 2.05) is 27.7 Å². The average molecular weight is 783 g/mol. The van der Waals surface area contributed by atoms with E-state index in [0.717, 1.165) is 96.9 Å². The molecule has 1 fully saturated rings. The molecule has 1 heterocycles. The Kier molecular flexibility index (Phi) is 16.3. The first-order valence-electron chi connectivity index (χ1n) is 21.4. The Labute approximate surface area is 343 Å². The van der Waals surface area contributed by atoms with Crippen LogP contribution in [0, 0.1) is 0 Å². The minimum absolute atomic E-state index is 0.114. The van der Waals surface area contributed by atoms with Gasteiger partial charge in [0.25, 0.3) is 0 Å². The van der Waals surface area contributed by atoms with Gasteiger partial charge in [-0.05, 0) is 125 Å². The van der Waals surface area contributed by atoms with Crippen LogP contribution in [0.3, 0.4) is 0 Å². The van der Waals surface area contributed by atoms with Crippen LogP contribution in [0.5, 0.6) is 23.0 Å². The summed E-state index contributed by atoms with van der Waals surface area (Å²) >= 11 is 0. The molecular weight excluding hydrogens is 713 g/mol. The predicted molar refractivity (Wildman–Crippen MR) is 230 cm³/mol. The molecule has 0 amide bonds. The Morgan fingerprint density at radius 2 is 0.667 bits per heavy atom. The second-order valence-corrected chi connectivity index (χ2v) is 16.3. The molecule has 0 aromatic heterocycles. The fourth-order valence-electron chi connectivity index (χ4n) is 8.60. The molecule has 0 bridgehead atoms. The summed E-state index contributed by atoms with van der Waals surface area (Å²) in [6.45, 7) is 20.1. The number of rotatable bonds is 24. The molecule has 310 valence electrons. The van der Waals surface area contributed by atoms with Crippen molar-refractivity contribution in [3.05, 3.63) is 119 Å². The number of ether oxygens (including phenoxy) is 6. The topological polar surface area (TPSA) is 55.4 Å². The van der Waals surface area contributed by atoms with Crippen LogP contribution in [0.1, 0.15) is 89.5 Å². The van der Waals surface area contributed by atoms with E-state index in [1.54, 1.807) is 0 Å². The van der Waals surface area contributed by atoms with Crippen molar-refractivity contribution in [1.29, 1.82) is 0 Å². The monoisotopic (exact) mass is 783 g/mol. The first-order chi connectivity index (χ1) is 27.5. The predicted octanol–water partition coefficient (Wildman–Crippen LogP) is 10.4. The third-order valence-corrected chi connectivity index (χ3v) is 10.8. The van der Waals surface area contributed by atoms with Crippen molar-refractivity contribution < 1.29 is 37.4 Å². The Morgan fingerprint density at radius 3 is 0.877 bits per heavy atom. The normalized spacial score (nSPS) is 16.7. The second kappa shape index (κ2) is 21.1. The van der Waals surface area contributed by atoms with Crippen molar-refractivity contribution in [3.63, 3.8) is 0 Å². The van der Waals surface area contributed by atoms with Crippen molar-refractivity contribution in [2.24, 2.45) is 0 Å². The maximum atomic E-state index is 7.33. The number of quaternary nitrogens is 2. The van der Waals surface area contributed by atoms with E-state index in [9.17, 15) is 0 Å². The quantitative estimate of drug-likeness (QED) is 0.0660. The van der Waals surface area contributed by atoms with Crippen LogP contribution in [0.15, 0.2) is 97.1 Å². The third-order valence-electron chi connectivity index (χ3n) is 10.8. The van der Waals surface area contributed by atoms with Gasteiger partial charge in [-0.1, -0.05) is 26.7 Å². The zero-order chi connectivity index (χ0) is 40.7. The fraction of sp³-hybridized carbons (Fsp3) is 0.510. The van der Waals surface area contributed by atoms with Crippen LogP contribution in [0.2, 0.25) is 0 Å². The summed E-state index contributed by atoms with van der Waals surface area (Å²) in [4.78, 5) is 0. The molecule has 0 spiro atoms. The summed E-state index contributed by atoms with van der Waals surface area (Å²) in [5.41, 5.74) is 5.06. The van der Waals surface area contributed by atoms with Gasteiger partial charge in [-0.3, -0.25) is 0 Å². The summed E-state index contributed by atoms with van der Waals surface area (Å²) in [6.07, 6.45) is 3.50. The fourth-order valence-corrected chi connectivity index (χ4v) is 8.60. The molecule has 0 aliphatic carbocycles. The number of benzene rings is 4. The van der Waals surface area contributed by atoms with Gasteiger partial charge in [0, 0.05) is 35.1 Å². The first-order valence-corrected chi connectivity index (χ1v) is 21.4. The van der Waals surface area contributed by atoms with Crippen LogP contribution in [-0.2, 0) is 35.7 Å². The molecule has 1 aliphatic heterocycles. The van der Waals surface area contributed by atoms with Crippen molar-refractivity contribution in [1.82, 2.24) is 0 Å². The van der Waals surface area contributed by atoms with Crippen LogP contribution in [0.25, 0.3) is 0 Å². The van der Waals surface area contributed by atoms with Crippen molar-refractivity contribution in [2.45, 2.75) is 111 Å². The Balaban J connectivity index is 1.50. The van der Waals surface area contributed by atoms with Gasteiger partial charge in [0.05, 0.1) is 40.5 Å². The molecule has 4 aromatic rings. The molecular formula is C49H70N2O6+2. The number of nitrogens with zero attached hydrogens (tertiary/aromatic N) is 2. The summed E-state index contributed by atoms with van der Waals surface area (Å²) < 4.78 is 39.4. The molecule has 57 heavy (non-hydrogen) atoms. The lowest BCUT2D eigenvalue weighted by Gasteiger charge is -2.40. The highest BCUT2D eigenvalue weighted by atomic mass is 16.8. The molecule has 8 nitrogen and oxygen atoms in total. The number of likely N-dealkylation sites (N-methyl/N-ethyl adjacent to an activating group) is 2. The van der Waals surface area contributed by atoms with E-state index in [4.69, 9.17) is 28.4 Å². The lowest BCUT2D eigenvalue weighted by atomic mass is 10.0. The standard InChI is InChI=1S/C49H70N2O6/c1-9-31-49(32-10-2)56-47(37-50(7,33-39-15-23-43(24-16-39)52-11-3)34-40-17-25-44(26-18-40)53-12-4)48(57-49)38-51(8,35-41-19-27-45(28-20-41)54-13-5)36-42-21-29-46(30-22-42)55-14-6/h15-30,47-48H,9-14,31-38H2,1-8H3/q+2/t47-,48-/m0/s1. The van der Waals surface area contributed by atoms with Gasteiger partial charge in [-0.2, -0.15) is 0 Å². The Bertz CT molecular complexity index is 1510. The van der Waals surface area contributed by atoms with Gasteiger partial charge in [-0.25, -0.2) is 0 Å². The van der Waals surface area contributed by atoms with Crippen molar-refractivity contribution in [3.8, 4) is 23.0 Å². The van der Waals surface area contributed by atoms with E-state index in [0.29, 0.717) is 26.4 Å². The van der Waals surface area contributed by atoms with Crippen molar-refractivity contribution in [2.75, 3.05) is 53.6 Å². The molecule has 0 N–H and O–H groups in total. The molecule has 0 unspecified atom stereocenters. The van der Waals surface area contributed by atoms with E-state index in [2.05, 4.69) is 125 Å². The van der Waals surface area contributed by atoms with E-state index in [1.165, 1.54) is 22.3 Å². The van der Waals surface area contributed by atoms with Gasteiger partial charge in [0.15, 0.2) is 5.79 Å². The van der Waals surface area contributed by atoms with Gasteiger partial charge in [-0.15, -0.1) is 0 Å². The highest BCUT2D eigenvalue weighted by molar-refractivity contribution is 5.30. The maximum absolute atomic E-state index is 7.33. The average Bonchev–Trinajstić information content (AvgIpc) is 3.49. The molecule has 1 saturated heterocycles. The van der Waals surface area contributed by atoms with Gasteiger partial charge in [0.2, 0.25) is 0 Å². The largest absolute Gasteiger partial charge is 0.494 e. The zero-order valence-corrected chi connectivity index (χ0v) is 36.1. The molecule has 2 atom stereocenters. The lowest BCUT2D eigenvalue weighted by Crippen LogP contribution is -2.54. The number of hydrogen-bond acceptors (Lipinski definition) is 6. The third kappa shape index (κ3) is 13.0. The first kappa shape index (κ1) is 44.0. The summed E-state index contributed by atoms with van der Waals surface area (Å²) in [6, 6.07) is 34.4. The van der Waals surface area contributed by atoms with Gasteiger partial charge in [0.1, 0.15) is 74.5 Å². The summed E-state index contributed by atoms with van der Waals surface area (Å²) in [5, 5.41) is 0. The zero-order valence-electron chi connectivity index (χ0n) is 36.1. The molecule has 0 radical (unpaired) electrons. The second-order valence-electron chi connectivity index (χ2n) is 16.3. The van der Waals surface area contributed by atoms with Crippen LogP contribution >= 0.6 is 0 Å². The highest BCUT2D eigenvalue weighted by Gasteiger charge is 2.51. The molecule has 4 aromatic carbocycles. The minimum atomic E-state index is -0.606. The summed E-state index contributed by atoms with van der Waals surface area (Å²) in [5.74, 6) is 2.99. The SMILES string of the molecule is CCCC1(CCC)O[C@@H](C[N+](C)(Cc2ccc(OCC)cc2)Cc2ccc(OCC)cc2)[C@H](C[N+](C)(Cc2ccc(OCC)cc2)Cc2ccc(OCC)cc2)O1.